The lowest BCUT2D eigenvalue weighted by atomic mass is 10.1. The number of unbranched alkanes of at least 4 members (excludes halogenated alkanes) is 3. The molecule has 0 bridgehead atoms. The molecular weight excluding hydrogens is 144 g/mol. The topological polar surface area (TPSA) is 0 Å². The fraction of sp³-hybridized carbons (Fsp3) is 0.667. The maximum atomic E-state index is 2.30. The van der Waals surface area contributed by atoms with Crippen LogP contribution in [0.4, 0.5) is 0 Å². The third-order valence-corrected chi connectivity index (χ3v) is 1.80. The van der Waals surface area contributed by atoms with E-state index in [9.17, 15) is 0 Å². The summed E-state index contributed by atoms with van der Waals surface area (Å²) in [6.07, 6.45) is 16.6. The van der Waals surface area contributed by atoms with E-state index in [0.717, 1.165) is 0 Å². The second kappa shape index (κ2) is 10.5. The lowest BCUT2D eigenvalue weighted by molar-refractivity contribution is 0.759. The van der Waals surface area contributed by atoms with Gasteiger partial charge in [-0.3, -0.25) is 0 Å². The van der Waals surface area contributed by atoms with E-state index in [1.165, 1.54) is 38.5 Å². The highest BCUT2D eigenvalue weighted by molar-refractivity contribution is 4.82. The summed E-state index contributed by atoms with van der Waals surface area (Å²) in [7, 11) is 0. The lowest BCUT2D eigenvalue weighted by Gasteiger charge is -1.92. The molecule has 0 N–H and O–H groups in total. The fourth-order valence-corrected chi connectivity index (χ4v) is 1.09. The molecule has 0 aliphatic heterocycles. The zero-order valence-corrected chi connectivity index (χ0v) is 8.55. The van der Waals surface area contributed by atoms with Gasteiger partial charge in [0, 0.05) is 0 Å². The Kier molecular flexibility index (Phi) is 10.0. The van der Waals surface area contributed by atoms with Gasteiger partial charge < -0.3 is 0 Å². The molecule has 0 unspecified atom stereocenters. The molecule has 0 fully saturated rings. The van der Waals surface area contributed by atoms with Crippen molar-refractivity contribution >= 4 is 0 Å². The van der Waals surface area contributed by atoms with Gasteiger partial charge in [-0.2, -0.15) is 0 Å². The molecule has 0 aromatic carbocycles. The molecular formula is C12H22. The minimum Gasteiger partial charge on any atom is -0.0888 e. The first-order valence-electron chi connectivity index (χ1n) is 5.21. The van der Waals surface area contributed by atoms with Crippen molar-refractivity contribution in [3.05, 3.63) is 24.3 Å². The third-order valence-electron chi connectivity index (χ3n) is 1.80. The van der Waals surface area contributed by atoms with E-state index in [0.29, 0.717) is 0 Å². The van der Waals surface area contributed by atoms with Crippen molar-refractivity contribution in [3.8, 4) is 0 Å². The quantitative estimate of drug-likeness (QED) is 0.386. The molecule has 0 aliphatic rings. The molecule has 0 saturated carbocycles. The molecule has 70 valence electrons. The van der Waals surface area contributed by atoms with Crippen molar-refractivity contribution in [1.82, 2.24) is 0 Å². The van der Waals surface area contributed by atoms with E-state index in [1.807, 2.05) is 0 Å². The van der Waals surface area contributed by atoms with E-state index < -0.39 is 0 Å². The molecule has 0 atom stereocenters. The van der Waals surface area contributed by atoms with Crippen molar-refractivity contribution in [2.75, 3.05) is 0 Å². The van der Waals surface area contributed by atoms with E-state index in [1.54, 1.807) is 0 Å². The second-order valence-electron chi connectivity index (χ2n) is 3.04. The van der Waals surface area contributed by atoms with Crippen LogP contribution in [0.3, 0.4) is 0 Å². The first-order chi connectivity index (χ1) is 5.91. The summed E-state index contributed by atoms with van der Waals surface area (Å²) in [5, 5.41) is 0. The van der Waals surface area contributed by atoms with E-state index in [-0.39, 0.29) is 0 Å². The van der Waals surface area contributed by atoms with Crippen LogP contribution in [0.1, 0.15) is 52.4 Å². The van der Waals surface area contributed by atoms with Crippen LogP contribution in [0.5, 0.6) is 0 Å². The maximum Gasteiger partial charge on any atom is -0.0351 e. The van der Waals surface area contributed by atoms with Gasteiger partial charge in [0.25, 0.3) is 0 Å². The third kappa shape index (κ3) is 9.48. The lowest BCUT2D eigenvalue weighted by Crippen LogP contribution is -1.72. The largest absolute Gasteiger partial charge is 0.0888 e. The van der Waals surface area contributed by atoms with Crippen LogP contribution in [0.25, 0.3) is 0 Å². The van der Waals surface area contributed by atoms with E-state index in [2.05, 4.69) is 38.2 Å². The van der Waals surface area contributed by atoms with Gasteiger partial charge in [0.05, 0.1) is 0 Å². The first-order valence-corrected chi connectivity index (χ1v) is 5.21. The highest BCUT2D eigenvalue weighted by atomic mass is 13.9. The van der Waals surface area contributed by atoms with E-state index >= 15 is 0 Å². The summed E-state index contributed by atoms with van der Waals surface area (Å²) in [6.45, 7) is 4.36. The summed E-state index contributed by atoms with van der Waals surface area (Å²) in [5.74, 6) is 0. The Labute approximate surface area is 77.4 Å². The smallest absolute Gasteiger partial charge is 0.0351 e. The Morgan fingerprint density at radius 1 is 0.667 bits per heavy atom. The van der Waals surface area contributed by atoms with Gasteiger partial charge in [-0.1, -0.05) is 38.2 Å². The van der Waals surface area contributed by atoms with Crippen LogP contribution >= 0.6 is 0 Å². The summed E-state index contributed by atoms with van der Waals surface area (Å²) in [5.41, 5.74) is 0. The molecule has 0 heteroatoms. The van der Waals surface area contributed by atoms with Gasteiger partial charge in [-0.15, -0.1) is 0 Å². The second-order valence-corrected chi connectivity index (χ2v) is 3.04. The number of hydrogen-bond donors (Lipinski definition) is 0. The Bertz CT molecular complexity index is 104. The zero-order valence-electron chi connectivity index (χ0n) is 8.55. The van der Waals surface area contributed by atoms with E-state index in [4.69, 9.17) is 0 Å². The number of allylic oxidation sites excluding steroid dienone is 4. The first kappa shape index (κ1) is 11.5. The molecule has 0 rings (SSSR count). The minimum absolute atomic E-state index is 1.18. The van der Waals surface area contributed by atoms with Crippen molar-refractivity contribution in [1.29, 1.82) is 0 Å². The average Bonchev–Trinajstić information content (AvgIpc) is 2.10. The monoisotopic (exact) mass is 166 g/mol. The molecule has 0 radical (unpaired) electrons. The molecule has 12 heavy (non-hydrogen) atoms. The predicted molar refractivity (Wildman–Crippen MR) is 57.3 cm³/mol. The van der Waals surface area contributed by atoms with Gasteiger partial charge in [0.1, 0.15) is 0 Å². The highest BCUT2D eigenvalue weighted by Crippen LogP contribution is 2.02. The van der Waals surface area contributed by atoms with Gasteiger partial charge in [-0.25, -0.2) is 0 Å². The normalized spacial score (nSPS) is 11.8. The summed E-state index contributed by atoms with van der Waals surface area (Å²) >= 11 is 0. The van der Waals surface area contributed by atoms with Crippen LogP contribution in [0.2, 0.25) is 0 Å². The molecule has 0 aromatic heterocycles. The predicted octanol–water partition coefficient (Wildman–Crippen LogP) is 4.48. The number of hydrogen-bond acceptors (Lipinski definition) is 0. The van der Waals surface area contributed by atoms with Crippen LogP contribution in [-0.4, -0.2) is 0 Å². The molecule has 0 aliphatic carbocycles. The van der Waals surface area contributed by atoms with Gasteiger partial charge in [0.15, 0.2) is 0 Å². The molecule has 0 saturated heterocycles. The standard InChI is InChI=1S/C12H22/c1-3-5-7-9-11-12-10-8-6-4-2/h5-8H,3-4,9-12H2,1-2H3/b7-5+,8-6+. The molecule has 0 spiro atoms. The molecule has 0 heterocycles. The van der Waals surface area contributed by atoms with Crippen LogP contribution in [0, 0.1) is 0 Å². The van der Waals surface area contributed by atoms with Crippen molar-refractivity contribution in [2.45, 2.75) is 52.4 Å². The Hall–Kier alpha value is -0.520. The van der Waals surface area contributed by atoms with Crippen LogP contribution in [-0.2, 0) is 0 Å². The fourth-order valence-electron chi connectivity index (χ4n) is 1.09. The average molecular weight is 166 g/mol. The van der Waals surface area contributed by atoms with Crippen molar-refractivity contribution in [2.24, 2.45) is 0 Å². The Balaban J connectivity index is 3.00. The van der Waals surface area contributed by atoms with Gasteiger partial charge in [-0.05, 0) is 38.5 Å². The van der Waals surface area contributed by atoms with Crippen LogP contribution in [0.15, 0.2) is 24.3 Å². The van der Waals surface area contributed by atoms with Crippen molar-refractivity contribution in [3.63, 3.8) is 0 Å². The van der Waals surface area contributed by atoms with Gasteiger partial charge >= 0.3 is 0 Å². The summed E-state index contributed by atoms with van der Waals surface area (Å²) < 4.78 is 0. The Morgan fingerprint density at radius 2 is 1.08 bits per heavy atom. The highest BCUT2D eigenvalue weighted by Gasteiger charge is 1.82. The molecule has 0 nitrogen and oxygen atoms in total. The minimum atomic E-state index is 1.18. The number of rotatable bonds is 7. The summed E-state index contributed by atoms with van der Waals surface area (Å²) in [6, 6.07) is 0. The molecule has 0 aromatic rings. The maximum absolute atomic E-state index is 2.30. The summed E-state index contributed by atoms with van der Waals surface area (Å²) in [4.78, 5) is 0. The Morgan fingerprint density at radius 3 is 1.42 bits per heavy atom. The molecule has 0 amide bonds. The van der Waals surface area contributed by atoms with Crippen molar-refractivity contribution < 1.29 is 0 Å². The van der Waals surface area contributed by atoms with Crippen LogP contribution < -0.4 is 0 Å². The van der Waals surface area contributed by atoms with Gasteiger partial charge in [0.2, 0.25) is 0 Å². The SMILES string of the molecule is CC/C=C/CCCC/C=C/CC. The zero-order chi connectivity index (χ0) is 9.07.